The topological polar surface area (TPSA) is 92.4 Å². The summed E-state index contributed by atoms with van der Waals surface area (Å²) in [5.74, 6) is -1.45. The monoisotopic (exact) mass is 278 g/mol. The van der Waals surface area contributed by atoms with Crippen molar-refractivity contribution < 1.29 is 14.7 Å². The Morgan fingerprint density at radius 1 is 1.25 bits per heavy atom. The summed E-state index contributed by atoms with van der Waals surface area (Å²) in [5, 5.41) is 11.7. The van der Waals surface area contributed by atoms with Gasteiger partial charge in [-0.3, -0.25) is 4.79 Å². The van der Waals surface area contributed by atoms with Gasteiger partial charge < -0.3 is 16.2 Å². The lowest BCUT2D eigenvalue weighted by Crippen LogP contribution is -2.42. The summed E-state index contributed by atoms with van der Waals surface area (Å²) in [7, 11) is 0. The molecular weight excluding hydrogens is 256 g/mol. The smallest absolute Gasteiger partial charge is 0.330 e. The summed E-state index contributed by atoms with van der Waals surface area (Å²) in [6.45, 7) is 5.82. The number of carbonyl (C=O) groups is 2. The van der Waals surface area contributed by atoms with Crippen molar-refractivity contribution in [3.05, 3.63) is 35.9 Å². The first kappa shape index (κ1) is 16.2. The number of hydrogen-bond acceptors (Lipinski definition) is 3. The van der Waals surface area contributed by atoms with E-state index in [1.54, 1.807) is 30.3 Å². The van der Waals surface area contributed by atoms with Crippen LogP contribution in [0.2, 0.25) is 0 Å². The van der Waals surface area contributed by atoms with Crippen molar-refractivity contribution in [3.63, 3.8) is 0 Å². The molecule has 0 saturated heterocycles. The summed E-state index contributed by atoms with van der Waals surface area (Å²) >= 11 is 0. The molecule has 110 valence electrons. The van der Waals surface area contributed by atoms with E-state index in [2.05, 4.69) is 5.32 Å². The average molecular weight is 278 g/mol. The van der Waals surface area contributed by atoms with Gasteiger partial charge in [-0.1, -0.05) is 51.1 Å². The highest BCUT2D eigenvalue weighted by Crippen LogP contribution is 2.20. The van der Waals surface area contributed by atoms with E-state index in [-0.39, 0.29) is 23.8 Å². The maximum absolute atomic E-state index is 11.9. The quantitative estimate of drug-likeness (QED) is 0.764. The van der Waals surface area contributed by atoms with E-state index >= 15 is 0 Å². The number of rotatable bonds is 5. The number of carboxylic acids is 1. The normalized spacial score (nSPS) is 14.4. The predicted octanol–water partition coefficient (Wildman–Crippen LogP) is 1.69. The van der Waals surface area contributed by atoms with Gasteiger partial charge in [0.2, 0.25) is 5.91 Å². The molecule has 5 nitrogen and oxygen atoms in total. The van der Waals surface area contributed by atoms with Gasteiger partial charge in [0.25, 0.3) is 0 Å². The molecule has 0 fully saturated rings. The SMILES string of the molecule is CC(C)(C)C(N)CC(=O)N[C@H](C(=O)O)c1ccccc1. The minimum atomic E-state index is -1.09. The van der Waals surface area contributed by atoms with E-state index in [1.165, 1.54) is 0 Å². The Balaban J connectivity index is 2.73. The van der Waals surface area contributed by atoms with E-state index in [0.29, 0.717) is 5.56 Å². The second-order valence-electron chi connectivity index (χ2n) is 5.93. The number of nitrogens with two attached hydrogens (primary N) is 1. The van der Waals surface area contributed by atoms with Crippen molar-refractivity contribution in [2.75, 3.05) is 0 Å². The van der Waals surface area contributed by atoms with E-state index in [1.807, 2.05) is 20.8 Å². The Morgan fingerprint density at radius 3 is 2.25 bits per heavy atom. The number of carbonyl (C=O) groups excluding carboxylic acids is 1. The summed E-state index contributed by atoms with van der Waals surface area (Å²) in [5.41, 5.74) is 6.27. The molecule has 0 heterocycles. The lowest BCUT2D eigenvalue weighted by atomic mass is 9.85. The van der Waals surface area contributed by atoms with Gasteiger partial charge in [0.1, 0.15) is 0 Å². The van der Waals surface area contributed by atoms with Crippen molar-refractivity contribution >= 4 is 11.9 Å². The molecule has 1 aromatic rings. The van der Waals surface area contributed by atoms with Crippen molar-refractivity contribution in [2.24, 2.45) is 11.1 Å². The van der Waals surface area contributed by atoms with Crippen LogP contribution in [0.4, 0.5) is 0 Å². The summed E-state index contributed by atoms with van der Waals surface area (Å²) in [6.07, 6.45) is 0.0973. The zero-order chi connectivity index (χ0) is 15.3. The van der Waals surface area contributed by atoms with Gasteiger partial charge in [-0.2, -0.15) is 0 Å². The lowest BCUT2D eigenvalue weighted by Gasteiger charge is -2.27. The van der Waals surface area contributed by atoms with Crippen molar-refractivity contribution in [3.8, 4) is 0 Å². The van der Waals surface area contributed by atoms with E-state index in [9.17, 15) is 14.7 Å². The molecule has 0 saturated carbocycles. The first-order chi connectivity index (χ1) is 9.21. The molecule has 0 bridgehead atoms. The molecule has 0 aliphatic rings. The highest BCUT2D eigenvalue weighted by molar-refractivity contribution is 5.84. The van der Waals surface area contributed by atoms with Crippen LogP contribution in [0, 0.1) is 5.41 Å². The molecule has 0 aromatic heterocycles. The van der Waals surface area contributed by atoms with E-state index < -0.39 is 12.0 Å². The van der Waals surface area contributed by atoms with Crippen LogP contribution in [0.5, 0.6) is 0 Å². The molecule has 2 atom stereocenters. The lowest BCUT2D eigenvalue weighted by molar-refractivity contribution is -0.142. The van der Waals surface area contributed by atoms with E-state index in [4.69, 9.17) is 5.73 Å². The van der Waals surface area contributed by atoms with Crippen LogP contribution in [0.25, 0.3) is 0 Å². The van der Waals surface area contributed by atoms with Crippen LogP contribution in [-0.2, 0) is 9.59 Å². The van der Waals surface area contributed by atoms with Gasteiger partial charge >= 0.3 is 5.97 Å². The molecule has 1 rings (SSSR count). The molecule has 5 heteroatoms. The Kier molecular flexibility index (Phi) is 5.27. The standard InChI is InChI=1S/C15H22N2O3/c1-15(2,3)11(16)9-12(18)17-13(14(19)20)10-7-5-4-6-8-10/h4-8,11,13H,9,16H2,1-3H3,(H,17,18)(H,19,20)/t11?,13-/m0/s1. The van der Waals surface area contributed by atoms with Crippen LogP contribution < -0.4 is 11.1 Å². The third-order valence-electron chi connectivity index (χ3n) is 3.20. The first-order valence-electron chi connectivity index (χ1n) is 6.54. The number of aliphatic carboxylic acids is 1. The molecule has 0 aliphatic carbocycles. The third-order valence-corrected chi connectivity index (χ3v) is 3.20. The first-order valence-corrected chi connectivity index (χ1v) is 6.54. The maximum atomic E-state index is 11.9. The molecule has 0 radical (unpaired) electrons. The third kappa shape index (κ3) is 4.66. The molecule has 1 unspecified atom stereocenters. The number of hydrogen-bond donors (Lipinski definition) is 3. The molecule has 0 aliphatic heterocycles. The second-order valence-corrected chi connectivity index (χ2v) is 5.93. The van der Waals surface area contributed by atoms with Crippen LogP contribution in [0.15, 0.2) is 30.3 Å². The minimum Gasteiger partial charge on any atom is -0.479 e. The van der Waals surface area contributed by atoms with Gasteiger partial charge in [0.05, 0.1) is 0 Å². The van der Waals surface area contributed by atoms with Crippen molar-refractivity contribution in [2.45, 2.75) is 39.3 Å². The van der Waals surface area contributed by atoms with Crippen molar-refractivity contribution in [1.29, 1.82) is 0 Å². The highest BCUT2D eigenvalue weighted by atomic mass is 16.4. The Hall–Kier alpha value is -1.88. The molecule has 4 N–H and O–H groups in total. The van der Waals surface area contributed by atoms with Crippen LogP contribution in [0.1, 0.15) is 38.8 Å². The number of carboxylic acid groups (broad SMARTS) is 1. The van der Waals surface area contributed by atoms with Gasteiger partial charge in [-0.05, 0) is 11.0 Å². The minimum absolute atomic E-state index is 0.0973. The molecule has 0 spiro atoms. The zero-order valence-corrected chi connectivity index (χ0v) is 12.1. The average Bonchev–Trinajstić information content (AvgIpc) is 2.35. The summed E-state index contributed by atoms with van der Waals surface area (Å²) in [6, 6.07) is 7.23. The van der Waals surface area contributed by atoms with Gasteiger partial charge in [-0.25, -0.2) is 4.79 Å². The van der Waals surface area contributed by atoms with Crippen LogP contribution >= 0.6 is 0 Å². The fraction of sp³-hybridized carbons (Fsp3) is 0.467. The maximum Gasteiger partial charge on any atom is 0.330 e. The van der Waals surface area contributed by atoms with Crippen LogP contribution in [0.3, 0.4) is 0 Å². The largest absolute Gasteiger partial charge is 0.479 e. The number of benzene rings is 1. The van der Waals surface area contributed by atoms with Gasteiger partial charge in [-0.15, -0.1) is 0 Å². The summed E-state index contributed by atoms with van der Waals surface area (Å²) < 4.78 is 0. The predicted molar refractivity (Wildman–Crippen MR) is 77.0 cm³/mol. The van der Waals surface area contributed by atoms with Gasteiger partial charge in [0, 0.05) is 12.5 Å². The Bertz CT molecular complexity index is 466. The second kappa shape index (κ2) is 6.52. The molecule has 20 heavy (non-hydrogen) atoms. The van der Waals surface area contributed by atoms with Crippen LogP contribution in [-0.4, -0.2) is 23.0 Å². The molecular formula is C15H22N2O3. The fourth-order valence-electron chi connectivity index (χ4n) is 1.66. The molecule has 1 aromatic carbocycles. The van der Waals surface area contributed by atoms with Crippen molar-refractivity contribution in [1.82, 2.24) is 5.32 Å². The number of nitrogens with one attached hydrogen (secondary N) is 1. The van der Waals surface area contributed by atoms with Gasteiger partial charge in [0.15, 0.2) is 6.04 Å². The fourth-order valence-corrected chi connectivity index (χ4v) is 1.66. The molecule has 1 amide bonds. The zero-order valence-electron chi connectivity index (χ0n) is 12.1. The Morgan fingerprint density at radius 2 is 1.80 bits per heavy atom. The summed E-state index contributed by atoms with van der Waals surface area (Å²) in [4.78, 5) is 23.2. The number of amides is 1. The highest BCUT2D eigenvalue weighted by Gasteiger charge is 2.26. The Labute approximate surface area is 119 Å². The van der Waals surface area contributed by atoms with E-state index in [0.717, 1.165) is 0 Å².